The Bertz CT molecular complexity index is 879. The van der Waals surface area contributed by atoms with E-state index in [2.05, 4.69) is 4.98 Å². The lowest BCUT2D eigenvalue weighted by atomic mass is 10.2. The molecular weight excluding hydrogens is 336 g/mol. The molecule has 0 N–H and O–H groups in total. The third kappa shape index (κ3) is 4.47. The van der Waals surface area contributed by atoms with Gasteiger partial charge in [0.2, 0.25) is 5.88 Å². The van der Waals surface area contributed by atoms with E-state index in [9.17, 15) is 10.1 Å². The number of pyridine rings is 1. The van der Waals surface area contributed by atoms with Crippen LogP contribution in [0.3, 0.4) is 0 Å². The van der Waals surface area contributed by atoms with Crippen molar-refractivity contribution in [2.75, 3.05) is 7.11 Å². The van der Waals surface area contributed by atoms with E-state index in [1.54, 1.807) is 31.4 Å². The Hall–Kier alpha value is -3.61. The molecule has 0 amide bonds. The summed E-state index contributed by atoms with van der Waals surface area (Å²) in [5.41, 5.74) is 0.915. The summed E-state index contributed by atoms with van der Waals surface area (Å²) < 4.78 is 16.5. The lowest BCUT2D eigenvalue weighted by molar-refractivity contribution is -0.385. The van der Waals surface area contributed by atoms with Gasteiger partial charge in [-0.05, 0) is 42.0 Å². The zero-order valence-corrected chi connectivity index (χ0v) is 14.0. The molecule has 132 valence electrons. The molecule has 0 bridgehead atoms. The van der Waals surface area contributed by atoms with Crippen molar-refractivity contribution in [3.05, 3.63) is 82.5 Å². The lowest BCUT2D eigenvalue weighted by Gasteiger charge is -2.09. The van der Waals surface area contributed by atoms with Crippen molar-refractivity contribution in [3.63, 3.8) is 0 Å². The molecule has 1 heterocycles. The second-order valence-corrected chi connectivity index (χ2v) is 5.33. The maximum absolute atomic E-state index is 10.6. The van der Waals surface area contributed by atoms with E-state index in [0.717, 1.165) is 17.5 Å². The van der Waals surface area contributed by atoms with Crippen LogP contribution < -0.4 is 14.2 Å². The van der Waals surface area contributed by atoms with Gasteiger partial charge < -0.3 is 14.2 Å². The number of nitrogens with zero attached hydrogens (tertiary/aromatic N) is 2. The van der Waals surface area contributed by atoms with Crippen molar-refractivity contribution >= 4 is 5.69 Å². The highest BCUT2D eigenvalue weighted by molar-refractivity contribution is 5.36. The smallest absolute Gasteiger partial charge is 0.287 e. The first-order chi connectivity index (χ1) is 12.6. The van der Waals surface area contributed by atoms with Crippen LogP contribution in [0.5, 0.6) is 23.1 Å². The number of aromatic nitrogens is 1. The summed E-state index contributed by atoms with van der Waals surface area (Å²) in [5.74, 6) is 2.31. The van der Waals surface area contributed by atoms with Gasteiger partial charge in [-0.15, -0.1) is 0 Å². The van der Waals surface area contributed by atoms with Crippen molar-refractivity contribution in [2.45, 2.75) is 6.61 Å². The van der Waals surface area contributed by atoms with Crippen molar-refractivity contribution in [3.8, 4) is 23.1 Å². The van der Waals surface area contributed by atoms with E-state index in [0.29, 0.717) is 18.1 Å². The zero-order valence-electron chi connectivity index (χ0n) is 14.0. The Labute approximate surface area is 149 Å². The highest BCUT2D eigenvalue weighted by atomic mass is 16.6. The zero-order chi connectivity index (χ0) is 18.4. The molecule has 0 saturated carbocycles. The largest absolute Gasteiger partial charge is 0.497 e. The van der Waals surface area contributed by atoms with Gasteiger partial charge in [-0.1, -0.05) is 12.1 Å². The molecule has 0 spiro atoms. The minimum absolute atomic E-state index is 0.0846. The van der Waals surface area contributed by atoms with Crippen molar-refractivity contribution in [1.82, 2.24) is 4.98 Å². The fourth-order valence-electron chi connectivity index (χ4n) is 2.19. The number of nitro groups is 1. The first-order valence-electron chi connectivity index (χ1n) is 7.78. The van der Waals surface area contributed by atoms with Crippen LogP contribution in [0.4, 0.5) is 5.69 Å². The SMILES string of the molecule is COc1cccc(COc2ccc(Oc3ccc([N+](=O)[O-])cn3)cc2)c1. The molecule has 7 nitrogen and oxygen atoms in total. The third-order valence-corrected chi connectivity index (χ3v) is 3.52. The minimum atomic E-state index is -0.509. The number of ether oxygens (including phenoxy) is 3. The molecule has 0 aliphatic rings. The second kappa shape index (κ2) is 7.98. The summed E-state index contributed by atoms with van der Waals surface area (Å²) >= 11 is 0. The van der Waals surface area contributed by atoms with Crippen LogP contribution in [-0.4, -0.2) is 17.0 Å². The van der Waals surface area contributed by atoms with E-state index in [4.69, 9.17) is 14.2 Å². The molecule has 3 aromatic rings. The fraction of sp³-hybridized carbons (Fsp3) is 0.105. The maximum atomic E-state index is 10.6. The monoisotopic (exact) mass is 352 g/mol. The molecule has 0 unspecified atom stereocenters. The molecule has 26 heavy (non-hydrogen) atoms. The van der Waals surface area contributed by atoms with Crippen LogP contribution in [0.1, 0.15) is 5.56 Å². The predicted octanol–water partition coefficient (Wildman–Crippen LogP) is 4.37. The predicted molar refractivity (Wildman–Crippen MR) is 94.7 cm³/mol. The normalized spacial score (nSPS) is 10.2. The highest BCUT2D eigenvalue weighted by Crippen LogP contribution is 2.24. The average molecular weight is 352 g/mol. The number of hydrogen-bond donors (Lipinski definition) is 0. The summed E-state index contributed by atoms with van der Waals surface area (Å²) in [7, 11) is 1.62. The van der Waals surface area contributed by atoms with Gasteiger partial charge in [0.1, 0.15) is 30.1 Å². The maximum Gasteiger partial charge on any atom is 0.287 e. The van der Waals surface area contributed by atoms with Crippen LogP contribution in [0, 0.1) is 10.1 Å². The Balaban J connectivity index is 1.58. The molecule has 0 aliphatic heterocycles. The molecule has 2 aromatic carbocycles. The van der Waals surface area contributed by atoms with E-state index >= 15 is 0 Å². The molecule has 1 aromatic heterocycles. The summed E-state index contributed by atoms with van der Waals surface area (Å²) in [6.07, 6.45) is 1.15. The van der Waals surface area contributed by atoms with Gasteiger partial charge in [-0.25, -0.2) is 4.98 Å². The van der Waals surface area contributed by atoms with Crippen LogP contribution in [0.2, 0.25) is 0 Å². The molecular formula is C19H16N2O5. The lowest BCUT2D eigenvalue weighted by Crippen LogP contribution is -1.96. The Morgan fingerprint density at radius 2 is 1.77 bits per heavy atom. The van der Waals surface area contributed by atoms with Crippen molar-refractivity contribution < 1.29 is 19.1 Å². The summed E-state index contributed by atoms with van der Waals surface area (Å²) in [6.45, 7) is 0.418. The van der Waals surface area contributed by atoms with Gasteiger partial charge in [0.15, 0.2) is 0 Å². The molecule has 0 fully saturated rings. The van der Waals surface area contributed by atoms with E-state index in [-0.39, 0.29) is 11.6 Å². The van der Waals surface area contributed by atoms with Gasteiger partial charge in [-0.2, -0.15) is 0 Å². The molecule has 7 heteroatoms. The fourth-order valence-corrected chi connectivity index (χ4v) is 2.19. The first kappa shape index (κ1) is 17.2. The van der Waals surface area contributed by atoms with E-state index in [1.807, 2.05) is 24.3 Å². The van der Waals surface area contributed by atoms with E-state index in [1.165, 1.54) is 12.1 Å². The molecule has 0 aliphatic carbocycles. The van der Waals surface area contributed by atoms with Gasteiger partial charge in [0, 0.05) is 12.1 Å². The first-order valence-corrected chi connectivity index (χ1v) is 7.78. The highest BCUT2D eigenvalue weighted by Gasteiger charge is 2.06. The topological polar surface area (TPSA) is 83.7 Å². The van der Waals surface area contributed by atoms with Crippen LogP contribution in [0.25, 0.3) is 0 Å². The van der Waals surface area contributed by atoms with E-state index < -0.39 is 4.92 Å². The summed E-state index contributed by atoms with van der Waals surface area (Å²) in [5, 5.41) is 10.6. The number of benzene rings is 2. The van der Waals surface area contributed by atoms with Gasteiger partial charge >= 0.3 is 0 Å². The average Bonchev–Trinajstić information content (AvgIpc) is 2.68. The minimum Gasteiger partial charge on any atom is -0.497 e. The standard InChI is InChI=1S/C19H16N2O5/c1-24-18-4-2-3-14(11-18)13-25-16-6-8-17(9-7-16)26-19-10-5-15(12-20-19)21(22)23/h2-12H,13H2,1H3. The molecule has 3 rings (SSSR count). The van der Waals surface area contributed by atoms with Gasteiger partial charge in [0.05, 0.1) is 12.0 Å². The van der Waals surface area contributed by atoms with Crippen LogP contribution >= 0.6 is 0 Å². The van der Waals surface area contributed by atoms with Crippen molar-refractivity contribution in [1.29, 1.82) is 0 Å². The summed E-state index contributed by atoms with van der Waals surface area (Å²) in [6, 6.07) is 17.5. The molecule has 0 saturated heterocycles. The Morgan fingerprint density at radius 3 is 2.42 bits per heavy atom. The Kier molecular flexibility index (Phi) is 5.28. The second-order valence-electron chi connectivity index (χ2n) is 5.33. The van der Waals surface area contributed by atoms with Crippen molar-refractivity contribution in [2.24, 2.45) is 0 Å². The molecule has 0 radical (unpaired) electrons. The Morgan fingerprint density at radius 1 is 1.00 bits per heavy atom. The third-order valence-electron chi connectivity index (χ3n) is 3.52. The number of rotatable bonds is 7. The number of methoxy groups -OCH3 is 1. The van der Waals surface area contributed by atoms with Crippen LogP contribution in [0.15, 0.2) is 66.9 Å². The van der Waals surface area contributed by atoms with Gasteiger partial charge in [-0.3, -0.25) is 10.1 Å². The van der Waals surface area contributed by atoms with Gasteiger partial charge in [0.25, 0.3) is 5.69 Å². The summed E-state index contributed by atoms with van der Waals surface area (Å²) in [4.78, 5) is 14.0. The molecule has 0 atom stereocenters. The number of hydrogen-bond acceptors (Lipinski definition) is 6. The quantitative estimate of drug-likeness (QED) is 0.464. The van der Waals surface area contributed by atoms with Crippen LogP contribution in [-0.2, 0) is 6.61 Å².